The predicted molar refractivity (Wildman–Crippen MR) is 155 cm³/mol. The van der Waals surface area contributed by atoms with Crippen molar-refractivity contribution >= 4 is 34.9 Å². The minimum Gasteiger partial charge on any atom is -0.434 e. The van der Waals surface area contributed by atoms with E-state index in [-0.39, 0.29) is 5.75 Å². The summed E-state index contributed by atoms with van der Waals surface area (Å²) >= 11 is 13.2. The first-order chi connectivity index (χ1) is 19.4. The van der Waals surface area contributed by atoms with Gasteiger partial charge in [-0.1, -0.05) is 97.2 Å². The average molecular weight is 577 g/mol. The second-order valence-electron chi connectivity index (χ2n) is 9.45. The van der Waals surface area contributed by atoms with Gasteiger partial charge in [-0.05, 0) is 36.3 Å². The van der Waals surface area contributed by atoms with Gasteiger partial charge in [0.15, 0.2) is 11.7 Å². The molecule has 1 unspecified atom stereocenters. The van der Waals surface area contributed by atoms with E-state index in [0.29, 0.717) is 38.5 Å². The highest BCUT2D eigenvalue weighted by atomic mass is 35.5. The number of aliphatic imine (C=N–C) groups is 1. The van der Waals surface area contributed by atoms with Crippen LogP contribution in [0.15, 0.2) is 106 Å². The third kappa shape index (κ3) is 4.80. The fourth-order valence-corrected chi connectivity index (χ4v) is 5.69. The lowest BCUT2D eigenvalue weighted by Gasteiger charge is -2.37. The van der Waals surface area contributed by atoms with E-state index in [1.165, 1.54) is 11.6 Å². The molecule has 3 aromatic carbocycles. The van der Waals surface area contributed by atoms with Gasteiger partial charge in [-0.25, -0.2) is 9.67 Å². The lowest BCUT2D eigenvalue weighted by molar-refractivity contribution is -0.0507. The van der Waals surface area contributed by atoms with Gasteiger partial charge in [0.2, 0.25) is 0 Å². The molecule has 0 saturated heterocycles. The number of alkyl halides is 2. The number of halogens is 4. The van der Waals surface area contributed by atoms with E-state index >= 15 is 0 Å². The van der Waals surface area contributed by atoms with Crippen LogP contribution in [0, 0.1) is 0 Å². The molecule has 9 heteroatoms. The maximum Gasteiger partial charge on any atom is 0.387 e. The van der Waals surface area contributed by atoms with Crippen molar-refractivity contribution < 1.29 is 13.5 Å². The number of allylic oxidation sites excluding steroid dienone is 2. The van der Waals surface area contributed by atoms with E-state index in [1.54, 1.807) is 40.1 Å². The van der Waals surface area contributed by atoms with Crippen molar-refractivity contribution in [2.45, 2.75) is 32.4 Å². The van der Waals surface area contributed by atoms with Gasteiger partial charge in [-0.15, -0.1) is 0 Å². The maximum absolute atomic E-state index is 13.6. The number of amidine groups is 1. The largest absolute Gasteiger partial charge is 0.434 e. The van der Waals surface area contributed by atoms with Crippen LogP contribution in [0.2, 0.25) is 0 Å². The van der Waals surface area contributed by atoms with E-state index in [1.807, 2.05) is 42.5 Å². The summed E-state index contributed by atoms with van der Waals surface area (Å²) in [5.74, 6) is 1.01. The summed E-state index contributed by atoms with van der Waals surface area (Å²) in [7, 11) is 0. The highest BCUT2D eigenvalue weighted by molar-refractivity contribution is 6.45. The van der Waals surface area contributed by atoms with Gasteiger partial charge >= 0.3 is 6.61 Å². The molecule has 0 N–H and O–H groups in total. The van der Waals surface area contributed by atoms with Crippen LogP contribution in [0.5, 0.6) is 5.75 Å². The number of para-hydroxylation sites is 2. The van der Waals surface area contributed by atoms with Gasteiger partial charge in [0, 0.05) is 17.3 Å². The molecule has 0 fully saturated rings. The minimum atomic E-state index is -3.00. The Morgan fingerprint density at radius 2 is 1.68 bits per heavy atom. The number of nitrogens with zero attached hydrogens (tertiary/aromatic N) is 4. The smallest absolute Gasteiger partial charge is 0.387 e. The number of fused-ring (bicyclic) bond motifs is 2. The molecule has 0 amide bonds. The predicted octanol–water partition coefficient (Wildman–Crippen LogP) is 8.74. The van der Waals surface area contributed by atoms with Crippen molar-refractivity contribution in [1.82, 2.24) is 14.7 Å². The van der Waals surface area contributed by atoms with Crippen LogP contribution in [0.3, 0.4) is 0 Å². The van der Waals surface area contributed by atoms with Crippen LogP contribution >= 0.6 is 23.2 Å². The number of benzene rings is 3. The third-order valence-electron chi connectivity index (χ3n) is 6.84. The molecule has 0 aliphatic carbocycles. The van der Waals surface area contributed by atoms with E-state index < -0.39 is 12.7 Å². The Hall–Kier alpha value is -3.94. The van der Waals surface area contributed by atoms with Crippen molar-refractivity contribution in [3.63, 3.8) is 0 Å². The Bertz CT molecular complexity index is 1650. The zero-order valence-corrected chi connectivity index (χ0v) is 22.9. The zero-order valence-electron chi connectivity index (χ0n) is 21.4. The molecule has 1 aromatic heterocycles. The summed E-state index contributed by atoms with van der Waals surface area (Å²) < 4.78 is 33.9. The third-order valence-corrected chi connectivity index (χ3v) is 7.33. The quantitative estimate of drug-likeness (QED) is 0.221. The van der Waals surface area contributed by atoms with Gasteiger partial charge in [-0.3, -0.25) is 0 Å². The van der Waals surface area contributed by atoms with Crippen molar-refractivity contribution in [3.8, 4) is 22.7 Å². The molecule has 1 atom stereocenters. The molecule has 5 nitrogen and oxygen atoms in total. The molecule has 6 rings (SSSR count). The standard InChI is InChI=1S/C31H24Cl2F2N4O/c1-2-8-19-13-15-20(16-14-19)27-26-28(23-11-6-7-12-25(23)40-31(34)35)38-18-21(32)17-24(33)29(38)36-30(26)39(37-27)22-9-4-3-5-10-22/h3-7,9-18,28,31H,2,8H2,1H3. The molecule has 0 radical (unpaired) electrons. The fraction of sp³-hybridized carbons (Fsp3) is 0.161. The zero-order chi connectivity index (χ0) is 27.8. The first kappa shape index (κ1) is 26.3. The van der Waals surface area contributed by atoms with Crippen LogP contribution < -0.4 is 4.74 Å². The van der Waals surface area contributed by atoms with E-state index in [4.69, 9.17) is 38.0 Å². The van der Waals surface area contributed by atoms with Crippen molar-refractivity contribution in [3.05, 3.63) is 118 Å². The van der Waals surface area contributed by atoms with Gasteiger partial charge < -0.3 is 9.64 Å². The van der Waals surface area contributed by atoms with Gasteiger partial charge in [0.05, 0.1) is 27.4 Å². The molecule has 2 aliphatic rings. The number of rotatable bonds is 7. The summed E-state index contributed by atoms with van der Waals surface area (Å²) in [5, 5.41) is 5.76. The molecular weight excluding hydrogens is 553 g/mol. The van der Waals surface area contributed by atoms with Crippen molar-refractivity contribution in [2.75, 3.05) is 0 Å². The SMILES string of the molecule is CCCc1ccc(-c2nn(-c3ccccc3)c3c2C(c2ccccc2OC(F)F)N2C=C(Cl)C=C(Cl)C2=N3)cc1. The molecule has 3 heterocycles. The highest BCUT2D eigenvalue weighted by Gasteiger charge is 2.40. The summed E-state index contributed by atoms with van der Waals surface area (Å²) in [6.45, 7) is -0.860. The number of aromatic nitrogens is 2. The van der Waals surface area contributed by atoms with E-state index in [9.17, 15) is 8.78 Å². The Morgan fingerprint density at radius 1 is 0.950 bits per heavy atom. The summed E-state index contributed by atoms with van der Waals surface area (Å²) in [5.41, 5.74) is 4.77. The second-order valence-corrected chi connectivity index (χ2v) is 10.3. The number of aryl methyl sites for hydroxylation is 1. The molecule has 202 valence electrons. The van der Waals surface area contributed by atoms with Crippen LogP contribution in [-0.4, -0.2) is 27.1 Å². The Morgan fingerprint density at radius 3 is 2.40 bits per heavy atom. The lowest BCUT2D eigenvalue weighted by Crippen LogP contribution is -2.36. The Labute approximate surface area is 240 Å². The summed E-state index contributed by atoms with van der Waals surface area (Å²) in [6.07, 6.45) is 5.31. The monoisotopic (exact) mass is 576 g/mol. The number of ether oxygens (including phenoxy) is 1. The van der Waals surface area contributed by atoms with Gasteiger partial charge in [0.1, 0.15) is 11.4 Å². The average Bonchev–Trinajstić information content (AvgIpc) is 3.33. The fourth-order valence-electron chi connectivity index (χ4n) is 5.16. The van der Waals surface area contributed by atoms with Crippen LogP contribution in [-0.2, 0) is 6.42 Å². The molecular formula is C31H24Cl2F2N4O. The minimum absolute atomic E-state index is 0.0432. The molecule has 0 spiro atoms. The lowest BCUT2D eigenvalue weighted by atomic mass is 9.91. The Kier molecular flexibility index (Phi) is 7.17. The first-order valence-electron chi connectivity index (χ1n) is 12.9. The first-order valence-corrected chi connectivity index (χ1v) is 13.6. The van der Waals surface area contributed by atoms with E-state index in [0.717, 1.165) is 24.1 Å². The number of hydrogen-bond donors (Lipinski definition) is 0. The second kappa shape index (κ2) is 10.9. The normalized spacial score (nSPS) is 16.2. The summed E-state index contributed by atoms with van der Waals surface area (Å²) in [6, 6.07) is 23.9. The molecule has 40 heavy (non-hydrogen) atoms. The van der Waals surface area contributed by atoms with Crippen LogP contribution in [0.1, 0.15) is 36.1 Å². The molecule has 4 aromatic rings. The van der Waals surface area contributed by atoms with Crippen LogP contribution in [0.4, 0.5) is 14.6 Å². The van der Waals surface area contributed by atoms with Crippen LogP contribution in [0.25, 0.3) is 16.9 Å². The maximum atomic E-state index is 13.6. The summed E-state index contributed by atoms with van der Waals surface area (Å²) in [4.78, 5) is 6.77. The van der Waals surface area contributed by atoms with Crippen molar-refractivity contribution in [2.24, 2.45) is 4.99 Å². The Balaban J connectivity index is 1.66. The molecule has 0 bridgehead atoms. The van der Waals surface area contributed by atoms with Gasteiger partial charge in [0.25, 0.3) is 0 Å². The highest BCUT2D eigenvalue weighted by Crippen LogP contribution is 2.49. The number of hydrogen-bond acceptors (Lipinski definition) is 4. The van der Waals surface area contributed by atoms with Crippen molar-refractivity contribution in [1.29, 1.82) is 0 Å². The molecule has 0 saturated carbocycles. The topological polar surface area (TPSA) is 42.6 Å². The van der Waals surface area contributed by atoms with E-state index in [2.05, 4.69) is 19.1 Å². The van der Waals surface area contributed by atoms with Gasteiger partial charge in [-0.2, -0.15) is 13.9 Å². The molecule has 2 aliphatic heterocycles.